The number of esters is 1. The number of amidine groups is 1. The van der Waals surface area contributed by atoms with Crippen LogP contribution in [0.5, 0.6) is 11.5 Å². The zero-order valence-electron chi connectivity index (χ0n) is 15.2. The van der Waals surface area contributed by atoms with Crippen LogP contribution in [0.1, 0.15) is 11.1 Å². The van der Waals surface area contributed by atoms with Crippen molar-refractivity contribution in [1.82, 2.24) is 5.32 Å². The summed E-state index contributed by atoms with van der Waals surface area (Å²) in [6, 6.07) is 15.1. The number of nitrogens with one attached hydrogen (secondary N) is 1. The van der Waals surface area contributed by atoms with Crippen molar-refractivity contribution in [3.63, 3.8) is 0 Å². The van der Waals surface area contributed by atoms with Crippen LogP contribution in [0.4, 0.5) is 0 Å². The van der Waals surface area contributed by atoms with Gasteiger partial charge in [0.15, 0.2) is 5.17 Å². The first-order valence-electron chi connectivity index (χ1n) is 8.28. The second-order valence-electron chi connectivity index (χ2n) is 5.69. The van der Waals surface area contributed by atoms with Gasteiger partial charge in [-0.3, -0.25) is 10.1 Å². The molecule has 0 aromatic heterocycles. The molecular formula is C20H17N3O4S. The molecule has 1 saturated heterocycles. The van der Waals surface area contributed by atoms with Crippen molar-refractivity contribution in [2.24, 2.45) is 10.2 Å². The number of aryl methyl sites for hydroxylation is 1. The van der Waals surface area contributed by atoms with E-state index in [2.05, 4.69) is 20.3 Å². The first kappa shape index (κ1) is 19.4. The van der Waals surface area contributed by atoms with Crippen molar-refractivity contribution in [2.75, 3.05) is 7.11 Å². The molecule has 3 rings (SSSR count). The third-order valence-electron chi connectivity index (χ3n) is 3.61. The Morgan fingerprint density at radius 1 is 1.14 bits per heavy atom. The fraction of sp³-hybridized carbons (Fsp3) is 0.100. The largest absolute Gasteiger partial charge is 0.466 e. The van der Waals surface area contributed by atoms with Crippen molar-refractivity contribution in [3.8, 4) is 11.5 Å². The highest BCUT2D eigenvalue weighted by molar-refractivity contribution is 8.18. The lowest BCUT2D eigenvalue weighted by Gasteiger charge is -2.08. The Bertz CT molecular complexity index is 981. The van der Waals surface area contributed by atoms with E-state index in [1.807, 2.05) is 55.5 Å². The van der Waals surface area contributed by atoms with E-state index in [0.29, 0.717) is 11.5 Å². The Hall–Kier alpha value is -3.39. The number of benzene rings is 2. The summed E-state index contributed by atoms with van der Waals surface area (Å²) in [6.45, 7) is 2.01. The van der Waals surface area contributed by atoms with Gasteiger partial charge in [0.2, 0.25) is 0 Å². The van der Waals surface area contributed by atoms with Crippen molar-refractivity contribution < 1.29 is 19.1 Å². The molecule has 1 heterocycles. The average Bonchev–Trinajstić information content (AvgIpc) is 3.04. The van der Waals surface area contributed by atoms with E-state index < -0.39 is 11.9 Å². The second kappa shape index (κ2) is 9.01. The maximum absolute atomic E-state index is 11.8. The normalized spacial score (nSPS) is 16.6. The molecule has 8 heteroatoms. The highest BCUT2D eigenvalue weighted by Crippen LogP contribution is 2.25. The van der Waals surface area contributed by atoms with E-state index in [1.54, 1.807) is 0 Å². The Balaban J connectivity index is 1.72. The van der Waals surface area contributed by atoms with Crippen molar-refractivity contribution in [1.29, 1.82) is 0 Å². The van der Waals surface area contributed by atoms with Crippen molar-refractivity contribution in [2.45, 2.75) is 6.92 Å². The maximum atomic E-state index is 11.8. The molecule has 0 spiro atoms. The molecule has 1 aliphatic heterocycles. The lowest BCUT2D eigenvalue weighted by Crippen LogP contribution is -2.19. The van der Waals surface area contributed by atoms with Gasteiger partial charge < -0.3 is 9.47 Å². The van der Waals surface area contributed by atoms with Crippen LogP contribution in [0.3, 0.4) is 0 Å². The highest BCUT2D eigenvalue weighted by Gasteiger charge is 2.25. The van der Waals surface area contributed by atoms with Crippen LogP contribution in [0.15, 0.2) is 69.7 Å². The molecule has 0 aliphatic carbocycles. The number of amides is 1. The van der Waals surface area contributed by atoms with Gasteiger partial charge in [0, 0.05) is 11.6 Å². The molecule has 2 aromatic carbocycles. The standard InChI is InChI=1S/C20H17N3O4S/c1-13-7-9-15(10-8-13)27-16-6-4-3-5-14(16)12-21-23-20-22-19(25)17(28-20)11-18(24)26-2/h3-12H,1-2H3,(H,22,23,25)/b17-11+,21-12?. The minimum Gasteiger partial charge on any atom is -0.466 e. The number of rotatable bonds is 5. The van der Waals surface area contributed by atoms with Gasteiger partial charge in [-0.1, -0.05) is 29.8 Å². The molecule has 28 heavy (non-hydrogen) atoms. The van der Waals surface area contributed by atoms with Gasteiger partial charge in [0.1, 0.15) is 11.5 Å². The van der Waals surface area contributed by atoms with E-state index in [1.165, 1.54) is 13.3 Å². The Morgan fingerprint density at radius 3 is 2.64 bits per heavy atom. The number of ether oxygens (including phenoxy) is 2. The summed E-state index contributed by atoms with van der Waals surface area (Å²) < 4.78 is 10.4. The number of nitrogens with zero attached hydrogens (tertiary/aromatic N) is 2. The van der Waals surface area contributed by atoms with Gasteiger partial charge in [-0.25, -0.2) is 4.79 Å². The summed E-state index contributed by atoms with van der Waals surface area (Å²) in [5.41, 5.74) is 1.88. The first-order valence-corrected chi connectivity index (χ1v) is 9.10. The molecule has 142 valence electrons. The minimum atomic E-state index is -0.607. The summed E-state index contributed by atoms with van der Waals surface area (Å²) >= 11 is 1.01. The zero-order valence-corrected chi connectivity index (χ0v) is 16.0. The van der Waals surface area contributed by atoms with Crippen molar-refractivity contribution in [3.05, 3.63) is 70.6 Å². The Labute approximate surface area is 166 Å². The van der Waals surface area contributed by atoms with Crippen LogP contribution >= 0.6 is 11.8 Å². The lowest BCUT2D eigenvalue weighted by molar-refractivity contribution is -0.135. The number of hydrogen-bond donors (Lipinski definition) is 1. The third kappa shape index (κ3) is 5.08. The van der Waals surface area contributed by atoms with Crippen LogP contribution in [0.2, 0.25) is 0 Å². The topological polar surface area (TPSA) is 89.3 Å². The summed E-state index contributed by atoms with van der Waals surface area (Å²) in [4.78, 5) is 23.2. The molecule has 0 atom stereocenters. The summed E-state index contributed by atoms with van der Waals surface area (Å²) in [5, 5.41) is 10.8. The van der Waals surface area contributed by atoms with Crippen LogP contribution in [0.25, 0.3) is 0 Å². The van der Waals surface area contributed by atoms with Gasteiger partial charge in [-0.05, 0) is 43.0 Å². The second-order valence-corrected chi connectivity index (χ2v) is 6.72. The Kier molecular flexibility index (Phi) is 6.23. The molecule has 1 fully saturated rings. The predicted molar refractivity (Wildman–Crippen MR) is 109 cm³/mol. The maximum Gasteiger partial charge on any atom is 0.331 e. The van der Waals surface area contributed by atoms with E-state index in [9.17, 15) is 9.59 Å². The van der Waals surface area contributed by atoms with E-state index in [0.717, 1.165) is 29.0 Å². The summed E-state index contributed by atoms with van der Waals surface area (Å²) in [7, 11) is 1.24. The number of carbonyl (C=O) groups excluding carboxylic acids is 2. The average molecular weight is 395 g/mol. The zero-order chi connectivity index (χ0) is 19.9. The monoisotopic (exact) mass is 395 g/mol. The van der Waals surface area contributed by atoms with E-state index in [4.69, 9.17) is 4.74 Å². The van der Waals surface area contributed by atoms with Gasteiger partial charge in [-0.2, -0.15) is 5.10 Å². The fourth-order valence-corrected chi connectivity index (χ4v) is 2.94. The van der Waals surface area contributed by atoms with Gasteiger partial charge in [-0.15, -0.1) is 5.10 Å². The van der Waals surface area contributed by atoms with E-state index >= 15 is 0 Å². The van der Waals surface area contributed by atoms with Crippen LogP contribution in [0, 0.1) is 6.92 Å². The Morgan fingerprint density at radius 2 is 1.89 bits per heavy atom. The van der Waals surface area contributed by atoms with Gasteiger partial charge >= 0.3 is 5.97 Å². The molecule has 1 amide bonds. The third-order valence-corrected chi connectivity index (χ3v) is 4.51. The molecule has 2 aromatic rings. The summed E-state index contributed by atoms with van der Waals surface area (Å²) in [6.07, 6.45) is 2.64. The minimum absolute atomic E-state index is 0.198. The predicted octanol–water partition coefficient (Wildman–Crippen LogP) is 3.40. The first-order chi connectivity index (χ1) is 13.5. The molecule has 0 saturated carbocycles. The van der Waals surface area contributed by atoms with E-state index in [-0.39, 0.29) is 10.1 Å². The molecule has 1 N–H and O–H groups in total. The van der Waals surface area contributed by atoms with Crippen LogP contribution in [-0.4, -0.2) is 30.4 Å². The number of thioether (sulfide) groups is 1. The SMILES string of the molecule is COC(=O)/C=C1/S/C(=N\N=Cc2ccccc2Oc2ccc(C)cc2)NC1=O. The fourth-order valence-electron chi connectivity index (χ4n) is 2.20. The van der Waals surface area contributed by atoms with Gasteiger partial charge in [0.25, 0.3) is 5.91 Å². The molecular weight excluding hydrogens is 378 g/mol. The van der Waals surface area contributed by atoms with Crippen molar-refractivity contribution >= 4 is 35.0 Å². The number of methoxy groups -OCH3 is 1. The molecule has 7 nitrogen and oxygen atoms in total. The molecule has 1 aliphatic rings. The number of hydrogen-bond acceptors (Lipinski definition) is 7. The quantitative estimate of drug-likeness (QED) is 0.363. The van der Waals surface area contributed by atoms with Crippen LogP contribution in [-0.2, 0) is 14.3 Å². The molecule has 0 unspecified atom stereocenters. The van der Waals surface area contributed by atoms with Gasteiger partial charge in [0.05, 0.1) is 18.2 Å². The lowest BCUT2D eigenvalue weighted by atomic mass is 10.2. The number of para-hydroxylation sites is 1. The number of carbonyl (C=O) groups is 2. The van der Waals surface area contributed by atoms with Crippen LogP contribution < -0.4 is 10.1 Å². The highest BCUT2D eigenvalue weighted by atomic mass is 32.2. The summed E-state index contributed by atoms with van der Waals surface area (Å²) in [5.74, 6) is 0.315. The smallest absolute Gasteiger partial charge is 0.331 e. The molecule has 0 radical (unpaired) electrons. The molecule has 0 bridgehead atoms.